The van der Waals surface area contributed by atoms with Gasteiger partial charge >= 0.3 is 0 Å². The van der Waals surface area contributed by atoms with Crippen LogP contribution in [0.15, 0.2) is 58.3 Å². The lowest BCUT2D eigenvalue weighted by Crippen LogP contribution is -1.81. The number of hydrogen-bond acceptors (Lipinski definition) is 4. The Labute approximate surface area is 113 Å². The molecule has 2 aromatic carbocycles. The molecule has 17 heavy (non-hydrogen) atoms. The van der Waals surface area contributed by atoms with Gasteiger partial charge in [0.15, 0.2) is 0 Å². The first-order valence-electron chi connectivity index (χ1n) is 5.17. The molecule has 0 radical (unpaired) electrons. The van der Waals surface area contributed by atoms with Crippen LogP contribution in [0.3, 0.4) is 0 Å². The lowest BCUT2D eigenvalue weighted by Gasteiger charge is -2.01. The summed E-state index contributed by atoms with van der Waals surface area (Å²) in [7, 11) is 5.29. The van der Waals surface area contributed by atoms with Crippen LogP contribution in [0.5, 0.6) is 0 Å². The molecule has 0 heterocycles. The fourth-order valence-corrected chi connectivity index (χ4v) is 4.86. The lowest BCUT2D eigenvalue weighted by atomic mass is 10.2. The second kappa shape index (κ2) is 6.28. The highest BCUT2D eigenvalue weighted by Gasteiger charge is 1.97. The zero-order chi connectivity index (χ0) is 12.1. The van der Waals surface area contributed by atoms with Gasteiger partial charge < -0.3 is 5.73 Å². The maximum absolute atomic E-state index is 5.64. The van der Waals surface area contributed by atoms with Crippen LogP contribution in [-0.2, 0) is 0 Å². The first kappa shape index (κ1) is 12.7. The van der Waals surface area contributed by atoms with Crippen molar-refractivity contribution in [3.05, 3.63) is 54.1 Å². The minimum atomic E-state index is 0.811. The van der Waals surface area contributed by atoms with E-state index in [1.54, 1.807) is 31.4 Å². The summed E-state index contributed by atoms with van der Waals surface area (Å²) in [5.41, 5.74) is 7.75. The summed E-state index contributed by atoms with van der Waals surface area (Å²) in [5.74, 6) is 0. The average molecular weight is 279 g/mol. The quantitative estimate of drug-likeness (QED) is 0.627. The van der Waals surface area contributed by atoms with Gasteiger partial charge in [-0.05, 0) is 74.7 Å². The Morgan fingerprint density at radius 2 is 1.24 bits per heavy atom. The van der Waals surface area contributed by atoms with Crippen LogP contribution in [0.25, 0.3) is 0 Å². The van der Waals surface area contributed by atoms with Crippen molar-refractivity contribution in [2.45, 2.75) is 16.7 Å². The molecular formula is C13H13NS3. The van der Waals surface area contributed by atoms with Gasteiger partial charge in [-0.15, -0.1) is 0 Å². The number of benzene rings is 2. The lowest BCUT2D eigenvalue weighted by molar-refractivity contribution is 1.38. The monoisotopic (exact) mass is 279 g/mol. The first-order valence-corrected chi connectivity index (χ1v) is 8.66. The topological polar surface area (TPSA) is 26.0 Å². The molecule has 2 aromatic rings. The molecule has 0 aliphatic carbocycles. The third kappa shape index (κ3) is 4.22. The molecule has 0 saturated heterocycles. The van der Waals surface area contributed by atoms with E-state index in [4.69, 9.17) is 5.73 Å². The van der Waals surface area contributed by atoms with Crippen LogP contribution < -0.4 is 5.73 Å². The average Bonchev–Trinajstić information content (AvgIpc) is 2.34. The highest BCUT2D eigenvalue weighted by molar-refractivity contribution is 9.09. The number of nitrogen functional groups attached to an aromatic ring is 1. The minimum Gasteiger partial charge on any atom is -0.399 e. The van der Waals surface area contributed by atoms with Crippen molar-refractivity contribution in [1.82, 2.24) is 0 Å². The van der Waals surface area contributed by atoms with Crippen molar-refractivity contribution in [3.63, 3.8) is 0 Å². The number of nitrogens with two attached hydrogens (primary N) is 1. The molecule has 0 bridgehead atoms. The third-order valence-corrected chi connectivity index (χ3v) is 6.01. The highest BCUT2D eigenvalue weighted by atomic mass is 33.5. The van der Waals surface area contributed by atoms with Gasteiger partial charge in [0.1, 0.15) is 0 Å². The normalized spacial score (nSPS) is 10.4. The molecular weight excluding hydrogens is 266 g/mol. The van der Waals surface area contributed by atoms with Crippen LogP contribution in [0.1, 0.15) is 5.56 Å². The molecule has 0 saturated carbocycles. The summed E-state index contributed by atoms with van der Waals surface area (Å²) in [6.07, 6.45) is 0. The molecule has 1 nitrogen and oxygen atoms in total. The zero-order valence-electron chi connectivity index (χ0n) is 9.42. The van der Waals surface area contributed by atoms with E-state index in [2.05, 4.69) is 31.2 Å². The van der Waals surface area contributed by atoms with Gasteiger partial charge in [0.2, 0.25) is 0 Å². The molecule has 0 unspecified atom stereocenters. The van der Waals surface area contributed by atoms with Crippen molar-refractivity contribution in [3.8, 4) is 0 Å². The molecule has 2 rings (SSSR count). The third-order valence-electron chi connectivity index (χ3n) is 2.16. The van der Waals surface area contributed by atoms with Crippen molar-refractivity contribution in [2.24, 2.45) is 0 Å². The summed E-state index contributed by atoms with van der Waals surface area (Å²) in [5, 5.41) is 0. The van der Waals surface area contributed by atoms with E-state index in [-0.39, 0.29) is 0 Å². The number of rotatable bonds is 4. The number of hydrogen-bond donors (Lipinski definition) is 1. The zero-order valence-corrected chi connectivity index (χ0v) is 11.9. The first-order chi connectivity index (χ1) is 8.24. The Hall–Kier alpha value is -0.710. The molecule has 4 heteroatoms. The van der Waals surface area contributed by atoms with E-state index in [0.717, 1.165) is 5.69 Å². The van der Waals surface area contributed by atoms with E-state index in [0.29, 0.717) is 0 Å². The summed E-state index contributed by atoms with van der Waals surface area (Å²) in [6.45, 7) is 2.10. The summed E-state index contributed by atoms with van der Waals surface area (Å²) in [6, 6.07) is 16.5. The van der Waals surface area contributed by atoms with Gasteiger partial charge in [-0.3, -0.25) is 0 Å². The maximum atomic E-state index is 5.64. The predicted octanol–water partition coefficient (Wildman–Crippen LogP) is 5.02. The molecule has 0 spiro atoms. The molecule has 88 valence electrons. The van der Waals surface area contributed by atoms with E-state index < -0.39 is 0 Å². The van der Waals surface area contributed by atoms with E-state index in [1.807, 2.05) is 24.3 Å². The van der Waals surface area contributed by atoms with Crippen LogP contribution in [0.2, 0.25) is 0 Å². The molecule has 0 aliphatic heterocycles. The van der Waals surface area contributed by atoms with Crippen molar-refractivity contribution in [2.75, 3.05) is 5.73 Å². The summed E-state index contributed by atoms with van der Waals surface area (Å²) in [4.78, 5) is 2.51. The van der Waals surface area contributed by atoms with Crippen LogP contribution in [-0.4, -0.2) is 0 Å². The molecule has 0 aromatic heterocycles. The minimum absolute atomic E-state index is 0.811. The van der Waals surface area contributed by atoms with Crippen LogP contribution in [0.4, 0.5) is 5.69 Å². The second-order valence-corrected chi connectivity index (χ2v) is 7.66. The molecule has 0 atom stereocenters. The Morgan fingerprint density at radius 3 is 1.76 bits per heavy atom. The molecule has 0 amide bonds. The Bertz CT molecular complexity index is 420. The van der Waals surface area contributed by atoms with E-state index >= 15 is 0 Å². The number of anilines is 1. The van der Waals surface area contributed by atoms with Crippen LogP contribution >= 0.6 is 31.4 Å². The number of aryl methyl sites for hydroxylation is 1. The van der Waals surface area contributed by atoms with Crippen LogP contribution in [0, 0.1) is 6.92 Å². The van der Waals surface area contributed by atoms with Gasteiger partial charge in [0.05, 0.1) is 0 Å². The second-order valence-electron chi connectivity index (χ2n) is 3.62. The smallest absolute Gasteiger partial charge is 0.0314 e. The van der Waals surface area contributed by atoms with E-state index in [9.17, 15) is 0 Å². The van der Waals surface area contributed by atoms with Gasteiger partial charge in [-0.2, -0.15) is 0 Å². The highest BCUT2D eigenvalue weighted by Crippen LogP contribution is 2.44. The van der Waals surface area contributed by atoms with Gasteiger partial charge in [-0.25, -0.2) is 0 Å². The predicted molar refractivity (Wildman–Crippen MR) is 81.3 cm³/mol. The Balaban J connectivity index is 1.83. The fourth-order valence-electron chi connectivity index (χ4n) is 1.21. The SMILES string of the molecule is Cc1ccc(SSSc2ccc(N)cc2)cc1. The molecule has 0 aliphatic rings. The largest absolute Gasteiger partial charge is 0.399 e. The van der Waals surface area contributed by atoms with Crippen molar-refractivity contribution in [1.29, 1.82) is 0 Å². The molecule has 0 fully saturated rings. The van der Waals surface area contributed by atoms with Gasteiger partial charge in [0, 0.05) is 15.5 Å². The summed E-state index contributed by atoms with van der Waals surface area (Å²) < 4.78 is 0. The Kier molecular flexibility index (Phi) is 4.71. The maximum Gasteiger partial charge on any atom is 0.0314 e. The summed E-state index contributed by atoms with van der Waals surface area (Å²) >= 11 is 0. The van der Waals surface area contributed by atoms with Gasteiger partial charge in [0.25, 0.3) is 0 Å². The van der Waals surface area contributed by atoms with Crippen molar-refractivity contribution < 1.29 is 0 Å². The fraction of sp³-hybridized carbons (Fsp3) is 0.0769. The molecule has 2 N–H and O–H groups in total. The standard InChI is InChI=1S/C13H13NS3/c1-10-2-6-12(7-3-10)15-17-16-13-8-4-11(14)5-9-13/h2-9H,14H2,1H3. The Morgan fingerprint density at radius 1 is 0.765 bits per heavy atom. The van der Waals surface area contributed by atoms with E-state index in [1.165, 1.54) is 15.4 Å². The van der Waals surface area contributed by atoms with Crippen molar-refractivity contribution >= 4 is 37.1 Å². The van der Waals surface area contributed by atoms with Gasteiger partial charge in [-0.1, -0.05) is 17.7 Å².